The third-order valence-electron chi connectivity index (χ3n) is 2.02. The molecule has 3 amide bonds. The fourth-order valence-electron chi connectivity index (χ4n) is 1.07. The van der Waals surface area contributed by atoms with Crippen molar-refractivity contribution in [3.05, 3.63) is 0 Å². The first-order chi connectivity index (χ1) is 8.38. The van der Waals surface area contributed by atoms with E-state index in [1.165, 1.54) is 6.92 Å². The lowest BCUT2D eigenvalue weighted by atomic mass is 10.2. The van der Waals surface area contributed by atoms with Crippen LogP contribution in [0.5, 0.6) is 0 Å². The van der Waals surface area contributed by atoms with Crippen molar-refractivity contribution in [1.82, 2.24) is 16.0 Å². The van der Waals surface area contributed by atoms with Crippen LogP contribution in [0.2, 0.25) is 0 Å². The summed E-state index contributed by atoms with van der Waals surface area (Å²) in [7, 11) is 0. The molecule has 2 atom stereocenters. The summed E-state index contributed by atoms with van der Waals surface area (Å²) in [5, 5.41) is 24.6. The summed E-state index contributed by atoms with van der Waals surface area (Å²) >= 11 is 0. The van der Waals surface area contributed by atoms with E-state index in [0.29, 0.717) is 6.54 Å². The van der Waals surface area contributed by atoms with Crippen LogP contribution < -0.4 is 16.0 Å². The lowest BCUT2D eigenvalue weighted by Crippen LogP contribution is -2.52. The Morgan fingerprint density at radius 1 is 1.22 bits per heavy atom. The van der Waals surface area contributed by atoms with Crippen LogP contribution in [0, 0.1) is 0 Å². The van der Waals surface area contributed by atoms with Crippen LogP contribution >= 0.6 is 0 Å². The monoisotopic (exact) mass is 261 g/mol. The zero-order valence-corrected chi connectivity index (χ0v) is 10.4. The average Bonchev–Trinajstić information content (AvgIpc) is 2.29. The van der Waals surface area contributed by atoms with Crippen molar-refractivity contribution in [2.24, 2.45) is 0 Å². The van der Waals surface area contributed by atoms with Crippen LogP contribution in [0.15, 0.2) is 0 Å². The molecule has 104 valence electrons. The minimum Gasteiger partial charge on any atom is -0.480 e. The first-order valence-electron chi connectivity index (χ1n) is 5.60. The largest absolute Gasteiger partial charge is 0.480 e. The van der Waals surface area contributed by atoms with E-state index in [1.807, 2.05) is 12.2 Å². The second kappa shape index (κ2) is 8.29. The van der Waals surface area contributed by atoms with Crippen LogP contribution in [0.3, 0.4) is 0 Å². The lowest BCUT2D eigenvalue weighted by molar-refractivity contribution is -0.141. The van der Waals surface area contributed by atoms with E-state index in [4.69, 9.17) is 10.2 Å². The van der Waals surface area contributed by atoms with Gasteiger partial charge in [-0.1, -0.05) is 6.92 Å². The lowest BCUT2D eigenvalue weighted by Gasteiger charge is -2.17. The molecule has 0 saturated carbocycles. The number of carbonyl (C=O) groups is 3. The van der Waals surface area contributed by atoms with Gasteiger partial charge >= 0.3 is 12.0 Å². The number of carboxylic acids is 1. The maximum absolute atomic E-state index is 11.3. The van der Waals surface area contributed by atoms with Gasteiger partial charge in [0.1, 0.15) is 0 Å². The highest BCUT2D eigenvalue weighted by Gasteiger charge is 2.24. The molecule has 0 saturated heterocycles. The topological polar surface area (TPSA) is 128 Å². The van der Waals surface area contributed by atoms with Crippen LogP contribution in [0.1, 0.15) is 20.3 Å². The van der Waals surface area contributed by atoms with Crippen LogP contribution in [0.4, 0.5) is 4.79 Å². The molecule has 0 aromatic rings. The van der Waals surface area contributed by atoms with Crippen molar-refractivity contribution >= 4 is 17.9 Å². The normalized spacial score (nSPS) is 13.3. The second-order valence-corrected chi connectivity index (χ2v) is 3.73. The number of aliphatic hydroxyl groups excluding tert-OH is 1. The summed E-state index contributed by atoms with van der Waals surface area (Å²) in [5.41, 5.74) is 0. The summed E-state index contributed by atoms with van der Waals surface area (Å²) in [6.45, 7) is 3.39. The first kappa shape index (κ1) is 16.2. The molecule has 5 N–H and O–H groups in total. The number of hydrogen-bond donors (Lipinski definition) is 5. The van der Waals surface area contributed by atoms with Crippen molar-refractivity contribution in [2.45, 2.75) is 32.4 Å². The summed E-state index contributed by atoms with van der Waals surface area (Å²) in [6.07, 6.45) is -0.455. The maximum atomic E-state index is 11.3. The number of carboxylic acid groups (broad SMARTS) is 1. The molecule has 0 bridgehead atoms. The van der Waals surface area contributed by atoms with Gasteiger partial charge in [-0.3, -0.25) is 4.79 Å². The smallest absolute Gasteiger partial charge is 0.328 e. The number of aliphatic carboxylic acids is 1. The van der Waals surface area contributed by atoms with Crippen LogP contribution in [0.25, 0.3) is 0 Å². The molecule has 0 spiro atoms. The van der Waals surface area contributed by atoms with E-state index in [9.17, 15) is 14.4 Å². The number of aliphatic hydroxyl groups is 1. The van der Waals surface area contributed by atoms with E-state index in [-0.39, 0.29) is 12.5 Å². The van der Waals surface area contributed by atoms with Gasteiger partial charge in [0, 0.05) is 6.54 Å². The number of carbonyl (C=O) groups excluding carboxylic acids is 2. The molecular formula is C10H19N3O5. The summed E-state index contributed by atoms with van der Waals surface area (Å²) < 4.78 is 0. The third-order valence-corrected chi connectivity index (χ3v) is 2.02. The van der Waals surface area contributed by atoms with Gasteiger partial charge < -0.3 is 26.2 Å². The highest BCUT2D eigenvalue weighted by atomic mass is 16.4. The van der Waals surface area contributed by atoms with E-state index in [0.717, 1.165) is 6.42 Å². The standard InChI is InChI=1S/C10H19N3O5/c1-3-4-11-7(15)5-12-10(18)13-8(6(2)14)9(16)17/h6,8,14H,3-5H2,1-2H3,(H,11,15)(H,16,17)(H2,12,13,18). The molecule has 8 nitrogen and oxygen atoms in total. The van der Waals surface area contributed by atoms with Crippen molar-refractivity contribution in [1.29, 1.82) is 0 Å². The second-order valence-electron chi connectivity index (χ2n) is 3.73. The van der Waals surface area contributed by atoms with Gasteiger partial charge in [0.05, 0.1) is 12.6 Å². The predicted octanol–water partition coefficient (Wildman–Crippen LogP) is -1.35. The molecule has 0 rings (SSSR count). The fourth-order valence-corrected chi connectivity index (χ4v) is 1.07. The van der Waals surface area contributed by atoms with Gasteiger partial charge in [-0.2, -0.15) is 0 Å². The molecule has 0 aromatic carbocycles. The van der Waals surface area contributed by atoms with E-state index in [1.54, 1.807) is 0 Å². The Hall–Kier alpha value is -1.83. The molecule has 0 heterocycles. The summed E-state index contributed by atoms with van der Waals surface area (Å²) in [5.74, 6) is -1.72. The number of hydrogen-bond acceptors (Lipinski definition) is 4. The number of amides is 3. The van der Waals surface area contributed by atoms with Crippen molar-refractivity contribution in [3.8, 4) is 0 Å². The fraction of sp³-hybridized carbons (Fsp3) is 0.700. The van der Waals surface area contributed by atoms with Crippen LogP contribution in [-0.2, 0) is 9.59 Å². The highest BCUT2D eigenvalue weighted by Crippen LogP contribution is 1.92. The zero-order valence-electron chi connectivity index (χ0n) is 10.4. The average molecular weight is 261 g/mol. The van der Waals surface area contributed by atoms with Gasteiger partial charge in [-0.15, -0.1) is 0 Å². The van der Waals surface area contributed by atoms with Gasteiger partial charge in [0.2, 0.25) is 5.91 Å². The van der Waals surface area contributed by atoms with E-state index < -0.39 is 24.1 Å². The number of rotatable bonds is 7. The minimum absolute atomic E-state index is 0.252. The predicted molar refractivity (Wildman–Crippen MR) is 62.9 cm³/mol. The van der Waals surface area contributed by atoms with Crippen molar-refractivity contribution < 1.29 is 24.6 Å². The van der Waals surface area contributed by atoms with Crippen molar-refractivity contribution in [3.63, 3.8) is 0 Å². The van der Waals surface area contributed by atoms with Gasteiger partial charge in [-0.05, 0) is 13.3 Å². The summed E-state index contributed by atoms with van der Waals surface area (Å²) in [6, 6.07) is -2.24. The maximum Gasteiger partial charge on any atom is 0.328 e. The molecule has 0 aliphatic rings. The van der Waals surface area contributed by atoms with Crippen molar-refractivity contribution in [2.75, 3.05) is 13.1 Å². The van der Waals surface area contributed by atoms with Crippen LogP contribution in [-0.4, -0.2) is 53.4 Å². The first-order valence-corrected chi connectivity index (χ1v) is 5.60. The number of urea groups is 1. The zero-order chi connectivity index (χ0) is 14.1. The highest BCUT2D eigenvalue weighted by molar-refractivity contribution is 5.86. The SMILES string of the molecule is CCCNC(=O)CNC(=O)NC(C(=O)O)C(C)O. The number of nitrogens with one attached hydrogen (secondary N) is 3. The Balaban J connectivity index is 4.03. The Labute approximate surface area is 105 Å². The molecular weight excluding hydrogens is 242 g/mol. The van der Waals surface area contributed by atoms with E-state index >= 15 is 0 Å². The Bertz CT molecular complexity index is 306. The molecule has 0 radical (unpaired) electrons. The molecule has 2 unspecified atom stereocenters. The minimum atomic E-state index is -1.41. The third kappa shape index (κ3) is 6.69. The quantitative estimate of drug-likeness (QED) is 0.387. The molecule has 0 aliphatic carbocycles. The molecule has 18 heavy (non-hydrogen) atoms. The Morgan fingerprint density at radius 2 is 1.83 bits per heavy atom. The van der Waals surface area contributed by atoms with E-state index in [2.05, 4.69) is 10.6 Å². The molecule has 8 heteroatoms. The van der Waals surface area contributed by atoms with Gasteiger partial charge in [-0.25, -0.2) is 9.59 Å². The Kier molecular flexibility index (Phi) is 7.45. The molecule has 0 aromatic heterocycles. The Morgan fingerprint density at radius 3 is 2.28 bits per heavy atom. The van der Waals surface area contributed by atoms with Gasteiger partial charge in [0.15, 0.2) is 6.04 Å². The summed E-state index contributed by atoms with van der Waals surface area (Å²) in [4.78, 5) is 33.1. The molecule has 0 aliphatic heterocycles. The molecule has 0 fully saturated rings. The van der Waals surface area contributed by atoms with Gasteiger partial charge in [0.25, 0.3) is 0 Å².